The van der Waals surface area contributed by atoms with Gasteiger partial charge < -0.3 is 9.45 Å². The number of amides is 2. The first-order valence-electron chi connectivity index (χ1n) is 5.37. The zero-order valence-electron chi connectivity index (χ0n) is 10.7. The Morgan fingerprint density at radius 1 is 1.33 bits per heavy atom. The van der Waals surface area contributed by atoms with Crippen LogP contribution in [0.2, 0.25) is 0 Å². The van der Waals surface area contributed by atoms with Crippen molar-refractivity contribution in [3.63, 3.8) is 0 Å². The molecule has 2 rings (SSSR count). The molecule has 2 fully saturated rings. The van der Waals surface area contributed by atoms with E-state index in [1.807, 2.05) is 0 Å². The molecule has 8 nitrogen and oxygen atoms in total. The van der Waals surface area contributed by atoms with Crippen LogP contribution in [0.1, 0.15) is 12.8 Å². The first-order valence-corrected chi connectivity index (χ1v) is 6.70. The Balaban J connectivity index is 0.00000220. The third-order valence-electron chi connectivity index (χ3n) is 3.08. The third kappa shape index (κ3) is 3.87. The molecule has 2 bridgehead atoms. The predicted octanol–water partition coefficient (Wildman–Crippen LogP) is -3.22. The van der Waals surface area contributed by atoms with Gasteiger partial charge in [-0.2, -0.15) is 22.5 Å². The van der Waals surface area contributed by atoms with Crippen LogP contribution in [0.4, 0.5) is 18.0 Å². The van der Waals surface area contributed by atoms with Crippen LogP contribution in [0.3, 0.4) is 0 Å². The smallest absolute Gasteiger partial charge is 0.724 e. The molecule has 2 aliphatic heterocycles. The normalized spacial score (nSPS) is 25.8. The van der Waals surface area contributed by atoms with Crippen LogP contribution in [0.15, 0.2) is 0 Å². The monoisotopic (exact) mass is 340 g/mol. The zero-order chi connectivity index (χ0) is 15.3. The van der Waals surface area contributed by atoms with Crippen molar-refractivity contribution >= 4 is 22.2 Å². The molecule has 0 unspecified atom stereocenters. The van der Waals surface area contributed by atoms with Gasteiger partial charge in [-0.1, -0.05) is 0 Å². The van der Waals surface area contributed by atoms with Gasteiger partial charge in [-0.3, -0.25) is 4.79 Å². The summed E-state index contributed by atoms with van der Waals surface area (Å²) in [7, 11) is -5.22. The van der Waals surface area contributed by atoms with E-state index in [1.54, 1.807) is 0 Å². The first-order chi connectivity index (χ1) is 9.00. The molecule has 2 atom stereocenters. The van der Waals surface area contributed by atoms with Crippen molar-refractivity contribution in [2.75, 3.05) is 6.54 Å². The standard InChI is InChI=1S/C8H9F3N2O6S.Na/c9-8(10,11)6(14)5-2-1-4-3-12(5)7(15)13(4)19-20(16,17)18;/h4-5H,1-3H2,(H,16,17,18);/q;+1/p-1/t4-,5+;/m1./s1. The van der Waals surface area contributed by atoms with Crippen LogP contribution in [0.5, 0.6) is 0 Å². The van der Waals surface area contributed by atoms with Crippen molar-refractivity contribution in [2.45, 2.75) is 31.1 Å². The molecule has 13 heteroatoms. The van der Waals surface area contributed by atoms with Crippen LogP contribution in [0, 0.1) is 0 Å². The molecule has 0 aromatic carbocycles. The number of halogens is 3. The average molecular weight is 340 g/mol. The van der Waals surface area contributed by atoms with Crippen molar-refractivity contribution in [3.05, 3.63) is 0 Å². The number of Topliss-reactive ketones (excluding diaryl/α,β-unsaturated/α-hetero) is 1. The van der Waals surface area contributed by atoms with Gasteiger partial charge in [0, 0.05) is 6.54 Å². The second kappa shape index (κ2) is 6.01. The van der Waals surface area contributed by atoms with E-state index >= 15 is 0 Å². The molecule has 0 radical (unpaired) electrons. The second-order valence-electron chi connectivity index (χ2n) is 4.35. The van der Waals surface area contributed by atoms with E-state index in [0.29, 0.717) is 4.90 Å². The van der Waals surface area contributed by atoms with Gasteiger partial charge in [0.25, 0.3) is 5.78 Å². The molecule has 0 saturated carbocycles. The minimum absolute atomic E-state index is 0. The number of fused-ring (bicyclic) bond motifs is 2. The SMILES string of the molecule is O=C1N2C[C@@H](CC[C@H]2C(=O)C(F)(F)F)N1OS(=O)(=O)[O-].[Na+]. The van der Waals surface area contributed by atoms with Crippen LogP contribution in [-0.2, 0) is 19.5 Å². The number of hydrogen-bond donors (Lipinski definition) is 0. The van der Waals surface area contributed by atoms with Crippen molar-refractivity contribution in [2.24, 2.45) is 0 Å². The molecule has 21 heavy (non-hydrogen) atoms. The van der Waals surface area contributed by atoms with E-state index in [1.165, 1.54) is 0 Å². The number of alkyl halides is 3. The molecule has 0 aromatic rings. The van der Waals surface area contributed by atoms with Crippen molar-refractivity contribution in [1.82, 2.24) is 9.96 Å². The number of carbonyl (C=O) groups excluding carboxylic acids is 2. The molecule has 2 saturated heterocycles. The maximum atomic E-state index is 12.4. The molecule has 0 aliphatic carbocycles. The summed E-state index contributed by atoms with van der Waals surface area (Å²) in [5, 5.41) is 0.214. The molecule has 2 aliphatic rings. The fourth-order valence-electron chi connectivity index (χ4n) is 2.29. The Morgan fingerprint density at radius 2 is 1.90 bits per heavy atom. The zero-order valence-corrected chi connectivity index (χ0v) is 13.5. The third-order valence-corrected chi connectivity index (χ3v) is 3.42. The Labute approximate surface area is 139 Å². The summed E-state index contributed by atoms with van der Waals surface area (Å²) < 4.78 is 72.4. The summed E-state index contributed by atoms with van der Waals surface area (Å²) in [5.74, 6) is -2.09. The minimum Gasteiger partial charge on any atom is -0.724 e. The molecule has 114 valence electrons. The molecule has 0 spiro atoms. The van der Waals surface area contributed by atoms with Gasteiger partial charge in [-0.25, -0.2) is 13.2 Å². The maximum Gasteiger partial charge on any atom is 1.00 e. The number of urea groups is 1. The van der Waals surface area contributed by atoms with Gasteiger partial charge in [-0.15, -0.1) is 0 Å². The number of hydrogen-bond acceptors (Lipinski definition) is 6. The Kier molecular flexibility index (Phi) is 5.33. The molecule has 2 heterocycles. The summed E-state index contributed by atoms with van der Waals surface area (Å²) in [4.78, 5) is 23.5. The molecule has 2 amide bonds. The van der Waals surface area contributed by atoms with E-state index in [0.717, 1.165) is 0 Å². The number of ketones is 1. The van der Waals surface area contributed by atoms with Gasteiger partial charge in [0.05, 0.1) is 6.04 Å². The van der Waals surface area contributed by atoms with E-state index in [9.17, 15) is 35.7 Å². The van der Waals surface area contributed by atoms with E-state index in [4.69, 9.17) is 0 Å². The molecule has 0 aromatic heterocycles. The average Bonchev–Trinajstić information content (AvgIpc) is 2.51. The summed E-state index contributed by atoms with van der Waals surface area (Å²) in [6.45, 7) is -0.305. The predicted molar refractivity (Wildman–Crippen MR) is 52.6 cm³/mol. The summed E-state index contributed by atoms with van der Waals surface area (Å²) in [6, 6.07) is -3.83. The van der Waals surface area contributed by atoms with Gasteiger partial charge in [0.1, 0.15) is 6.04 Å². The summed E-state index contributed by atoms with van der Waals surface area (Å²) in [5.41, 5.74) is 0. The summed E-state index contributed by atoms with van der Waals surface area (Å²) >= 11 is 0. The number of rotatable bonds is 3. The van der Waals surface area contributed by atoms with Gasteiger partial charge >= 0.3 is 41.8 Å². The molecular formula is C8H8F3N2NaO6S. The quantitative estimate of drug-likeness (QED) is 0.304. The minimum atomic E-state index is -5.22. The maximum absolute atomic E-state index is 12.4. The topological polar surface area (TPSA) is 107 Å². The fraction of sp³-hybridized carbons (Fsp3) is 0.750. The first kappa shape index (κ1) is 18.6. The van der Waals surface area contributed by atoms with Crippen molar-refractivity contribution < 1.29 is 69.6 Å². The van der Waals surface area contributed by atoms with E-state index in [-0.39, 0.29) is 54.0 Å². The number of piperidine rings is 1. The largest absolute Gasteiger partial charge is 1.00 e. The molecule has 0 N–H and O–H groups in total. The second-order valence-corrected chi connectivity index (χ2v) is 5.32. The Morgan fingerprint density at radius 3 is 2.38 bits per heavy atom. The molecular weight excluding hydrogens is 332 g/mol. The number of hydroxylamine groups is 2. The number of carbonyl (C=O) groups is 2. The van der Waals surface area contributed by atoms with Crippen LogP contribution >= 0.6 is 0 Å². The van der Waals surface area contributed by atoms with Gasteiger partial charge in [0.2, 0.25) is 10.4 Å². The van der Waals surface area contributed by atoms with Gasteiger partial charge in [-0.05, 0) is 12.8 Å². The Bertz CT molecular complexity index is 553. The van der Waals surface area contributed by atoms with Crippen LogP contribution < -0.4 is 29.6 Å². The number of nitrogens with zero attached hydrogens (tertiary/aromatic N) is 2. The van der Waals surface area contributed by atoms with Crippen molar-refractivity contribution in [3.8, 4) is 0 Å². The van der Waals surface area contributed by atoms with Crippen LogP contribution in [-0.4, -0.2) is 59.6 Å². The fourth-order valence-corrected chi connectivity index (χ4v) is 2.67. The van der Waals surface area contributed by atoms with Crippen LogP contribution in [0.25, 0.3) is 0 Å². The van der Waals surface area contributed by atoms with E-state index < -0.39 is 40.5 Å². The van der Waals surface area contributed by atoms with Gasteiger partial charge in [0.15, 0.2) is 0 Å². The van der Waals surface area contributed by atoms with Crippen molar-refractivity contribution in [1.29, 1.82) is 0 Å². The summed E-state index contributed by atoms with van der Waals surface area (Å²) in [6.07, 6.45) is -5.46. The Hall–Kier alpha value is -0.400. The van der Waals surface area contributed by atoms with E-state index in [2.05, 4.69) is 4.28 Å².